The molecule has 2 nitrogen and oxygen atoms in total. The first-order valence-corrected chi connectivity index (χ1v) is 7.05. The molecule has 1 aromatic carbocycles. The van der Waals surface area contributed by atoms with Gasteiger partial charge in [-0.05, 0) is 37.1 Å². The van der Waals surface area contributed by atoms with Crippen LogP contribution in [0.25, 0.3) is 0 Å². The number of hydrogen-bond donors (Lipinski definition) is 1. The number of hydrogen-bond acceptors (Lipinski definition) is 3. The largest absolute Gasteiger partial charge is 0.392 e. The van der Waals surface area contributed by atoms with Crippen molar-refractivity contribution in [1.82, 2.24) is 0 Å². The van der Waals surface area contributed by atoms with Gasteiger partial charge in [0.25, 0.3) is 0 Å². The maximum atomic E-state index is 9.32. The smallest absolute Gasteiger partial charge is 0.0693 e. The Morgan fingerprint density at radius 2 is 2.38 bits per heavy atom. The fourth-order valence-corrected chi connectivity index (χ4v) is 3.46. The summed E-state index contributed by atoms with van der Waals surface area (Å²) in [5, 5.41) is 9.82. The molecule has 1 fully saturated rings. The van der Waals surface area contributed by atoms with Crippen LogP contribution in [-0.4, -0.2) is 23.1 Å². The zero-order valence-corrected chi connectivity index (χ0v) is 11.6. The summed E-state index contributed by atoms with van der Waals surface area (Å²) in [6.07, 6.45) is 1.40. The first-order valence-electron chi connectivity index (χ1n) is 5.38. The van der Waals surface area contributed by atoms with Crippen molar-refractivity contribution in [1.29, 1.82) is 0 Å². The molecule has 2 rings (SSSR count). The van der Waals surface area contributed by atoms with Crippen molar-refractivity contribution < 1.29 is 9.84 Å². The standard InChI is InChI=1S/C12H15BrO2S/c1-8-11(4-5-15-8)16-12-3-2-10(13)6-9(12)7-14/h2-3,6,8,11,14H,4-5,7H2,1H3. The Hall–Kier alpha value is -0.0300. The van der Waals surface area contributed by atoms with Gasteiger partial charge in [-0.1, -0.05) is 15.9 Å². The number of benzene rings is 1. The van der Waals surface area contributed by atoms with Gasteiger partial charge in [0.05, 0.1) is 12.7 Å². The van der Waals surface area contributed by atoms with E-state index in [0.717, 1.165) is 28.0 Å². The van der Waals surface area contributed by atoms with E-state index in [1.165, 1.54) is 0 Å². The Labute approximate surface area is 109 Å². The summed E-state index contributed by atoms with van der Waals surface area (Å²) in [4.78, 5) is 1.16. The van der Waals surface area contributed by atoms with Gasteiger partial charge in [0.2, 0.25) is 0 Å². The summed E-state index contributed by atoms with van der Waals surface area (Å²) >= 11 is 5.23. The monoisotopic (exact) mass is 302 g/mol. The molecule has 0 radical (unpaired) electrons. The number of ether oxygens (including phenoxy) is 1. The second kappa shape index (κ2) is 5.54. The Bertz CT molecular complexity index is 370. The van der Waals surface area contributed by atoms with E-state index in [1.54, 1.807) is 0 Å². The van der Waals surface area contributed by atoms with Gasteiger partial charge >= 0.3 is 0 Å². The van der Waals surface area contributed by atoms with E-state index in [1.807, 2.05) is 23.9 Å². The van der Waals surface area contributed by atoms with Crippen molar-refractivity contribution in [3.63, 3.8) is 0 Å². The third-order valence-corrected chi connectivity index (χ3v) is 4.85. The number of aliphatic hydroxyl groups excluding tert-OH is 1. The van der Waals surface area contributed by atoms with E-state index in [0.29, 0.717) is 11.4 Å². The van der Waals surface area contributed by atoms with Gasteiger partial charge in [-0.25, -0.2) is 0 Å². The zero-order chi connectivity index (χ0) is 11.5. The lowest BCUT2D eigenvalue weighted by atomic mass is 10.2. The van der Waals surface area contributed by atoms with Gasteiger partial charge in [0.15, 0.2) is 0 Å². The molecule has 1 aliphatic rings. The summed E-state index contributed by atoms with van der Waals surface area (Å²) in [5.74, 6) is 0. The highest BCUT2D eigenvalue weighted by atomic mass is 79.9. The minimum atomic E-state index is 0.0870. The maximum Gasteiger partial charge on any atom is 0.0693 e. The highest BCUT2D eigenvalue weighted by Crippen LogP contribution is 2.35. The van der Waals surface area contributed by atoms with E-state index in [9.17, 15) is 5.11 Å². The molecule has 1 aromatic rings. The van der Waals surface area contributed by atoms with Crippen molar-refractivity contribution >= 4 is 27.7 Å². The molecular formula is C12H15BrO2S. The third-order valence-electron chi connectivity index (χ3n) is 2.78. The van der Waals surface area contributed by atoms with E-state index in [-0.39, 0.29) is 6.61 Å². The van der Waals surface area contributed by atoms with Crippen molar-refractivity contribution in [3.05, 3.63) is 28.2 Å². The fourth-order valence-electron chi connectivity index (χ4n) is 1.82. The highest BCUT2D eigenvalue weighted by molar-refractivity contribution is 9.10. The Kier molecular flexibility index (Phi) is 4.30. The van der Waals surface area contributed by atoms with E-state index in [2.05, 4.69) is 28.9 Å². The first kappa shape index (κ1) is 12.4. The summed E-state index contributed by atoms with van der Waals surface area (Å²) in [6.45, 7) is 3.05. The van der Waals surface area contributed by atoms with Crippen LogP contribution in [-0.2, 0) is 11.3 Å². The molecule has 2 atom stereocenters. The summed E-state index contributed by atoms with van der Waals surface area (Å²) in [6, 6.07) is 6.05. The highest BCUT2D eigenvalue weighted by Gasteiger charge is 2.25. The average Bonchev–Trinajstić information content (AvgIpc) is 2.67. The second-order valence-corrected chi connectivity index (χ2v) is 6.13. The van der Waals surface area contributed by atoms with Crippen LogP contribution in [0.3, 0.4) is 0 Å². The molecule has 1 saturated heterocycles. The van der Waals surface area contributed by atoms with Crippen LogP contribution in [0.4, 0.5) is 0 Å². The fraction of sp³-hybridized carbons (Fsp3) is 0.500. The number of rotatable bonds is 3. The second-order valence-electron chi connectivity index (χ2n) is 3.93. The molecule has 88 valence electrons. The lowest BCUT2D eigenvalue weighted by Gasteiger charge is -2.15. The van der Waals surface area contributed by atoms with Crippen LogP contribution >= 0.6 is 27.7 Å². The summed E-state index contributed by atoms with van der Waals surface area (Å²) < 4.78 is 6.55. The number of thioether (sulfide) groups is 1. The lowest BCUT2D eigenvalue weighted by Crippen LogP contribution is -2.13. The van der Waals surface area contributed by atoms with Crippen molar-refractivity contribution in [2.24, 2.45) is 0 Å². The van der Waals surface area contributed by atoms with Gasteiger partial charge in [0.1, 0.15) is 0 Å². The molecule has 0 amide bonds. The quantitative estimate of drug-likeness (QED) is 0.930. The van der Waals surface area contributed by atoms with Crippen LogP contribution in [0.5, 0.6) is 0 Å². The number of halogens is 1. The van der Waals surface area contributed by atoms with Gasteiger partial charge < -0.3 is 9.84 Å². The Balaban J connectivity index is 2.14. The molecule has 0 spiro atoms. The van der Waals surface area contributed by atoms with Crippen LogP contribution in [0.2, 0.25) is 0 Å². The Morgan fingerprint density at radius 1 is 1.56 bits per heavy atom. The molecule has 0 saturated carbocycles. The molecule has 16 heavy (non-hydrogen) atoms. The van der Waals surface area contributed by atoms with E-state index < -0.39 is 0 Å². The predicted octanol–water partition coefficient (Wildman–Crippen LogP) is 3.21. The molecule has 1 heterocycles. The SMILES string of the molecule is CC1OCCC1Sc1ccc(Br)cc1CO. The van der Waals surface area contributed by atoms with Crippen molar-refractivity contribution in [2.45, 2.75) is 36.2 Å². The van der Waals surface area contributed by atoms with Crippen LogP contribution in [0.15, 0.2) is 27.6 Å². The molecule has 0 bridgehead atoms. The van der Waals surface area contributed by atoms with Crippen molar-refractivity contribution in [3.8, 4) is 0 Å². The number of aliphatic hydroxyl groups is 1. The first-order chi connectivity index (χ1) is 7.70. The van der Waals surface area contributed by atoms with Gasteiger partial charge in [-0.15, -0.1) is 11.8 Å². The molecule has 4 heteroatoms. The maximum absolute atomic E-state index is 9.32. The normalized spacial score (nSPS) is 24.9. The van der Waals surface area contributed by atoms with Crippen LogP contribution in [0, 0.1) is 0 Å². The van der Waals surface area contributed by atoms with E-state index >= 15 is 0 Å². The van der Waals surface area contributed by atoms with Gasteiger partial charge in [-0.3, -0.25) is 0 Å². The molecular weight excluding hydrogens is 288 g/mol. The third kappa shape index (κ3) is 2.80. The molecule has 2 unspecified atom stereocenters. The summed E-state index contributed by atoms with van der Waals surface area (Å²) in [7, 11) is 0. The molecule has 0 aromatic heterocycles. The van der Waals surface area contributed by atoms with Crippen molar-refractivity contribution in [2.75, 3.05) is 6.61 Å². The van der Waals surface area contributed by atoms with Gasteiger partial charge in [-0.2, -0.15) is 0 Å². The minimum Gasteiger partial charge on any atom is -0.392 e. The summed E-state index contributed by atoms with van der Waals surface area (Å²) in [5.41, 5.74) is 0.985. The Morgan fingerprint density at radius 3 is 3.00 bits per heavy atom. The molecule has 0 aliphatic carbocycles. The average molecular weight is 303 g/mol. The van der Waals surface area contributed by atoms with Gasteiger partial charge in [0, 0.05) is 21.2 Å². The van der Waals surface area contributed by atoms with E-state index in [4.69, 9.17) is 4.74 Å². The minimum absolute atomic E-state index is 0.0870. The molecule has 1 aliphatic heterocycles. The lowest BCUT2D eigenvalue weighted by molar-refractivity contribution is 0.127. The predicted molar refractivity (Wildman–Crippen MR) is 69.7 cm³/mol. The molecule has 1 N–H and O–H groups in total. The zero-order valence-electron chi connectivity index (χ0n) is 9.15. The topological polar surface area (TPSA) is 29.5 Å². The van der Waals surface area contributed by atoms with Crippen LogP contribution < -0.4 is 0 Å². The van der Waals surface area contributed by atoms with Crippen LogP contribution in [0.1, 0.15) is 18.9 Å².